The number of hydrogen-bond acceptors (Lipinski definition) is 4. The first-order valence-corrected chi connectivity index (χ1v) is 12.6. The Hall–Kier alpha value is -2.58. The van der Waals surface area contributed by atoms with Crippen LogP contribution in [0.1, 0.15) is 31.4 Å². The summed E-state index contributed by atoms with van der Waals surface area (Å²) in [7, 11) is -3.76. The monoisotopic (exact) mass is 479 g/mol. The third-order valence-electron chi connectivity index (χ3n) is 4.98. The maximum Gasteiger partial charge on any atom is 0.244 e. The Kier molecular flexibility index (Phi) is 9.09. The Labute approximate surface area is 195 Å². The second-order valence-corrected chi connectivity index (χ2v) is 10.1. The van der Waals surface area contributed by atoms with Gasteiger partial charge in [0.25, 0.3) is 0 Å². The standard InChI is InChI=1S/C23H30ClN3O4S/c1-5-14-25-23(29)18(3)26(15-19-8-6-17(2)7-9-19)22(28)16-27(32(4,30)31)21-12-10-20(24)11-13-21/h6-13,18H,5,14-16H2,1-4H3,(H,25,29)/t18-/m1/s1. The van der Waals surface area contributed by atoms with Crippen LogP contribution in [0.15, 0.2) is 48.5 Å². The van der Waals surface area contributed by atoms with Crippen molar-refractivity contribution in [1.29, 1.82) is 0 Å². The average Bonchev–Trinajstić information content (AvgIpc) is 2.74. The summed E-state index contributed by atoms with van der Waals surface area (Å²) in [5, 5.41) is 3.26. The number of carbonyl (C=O) groups is 2. The molecule has 0 aromatic heterocycles. The van der Waals surface area contributed by atoms with Crippen LogP contribution in [0.5, 0.6) is 0 Å². The van der Waals surface area contributed by atoms with Gasteiger partial charge >= 0.3 is 0 Å². The van der Waals surface area contributed by atoms with Crippen LogP contribution in [-0.4, -0.2) is 50.5 Å². The van der Waals surface area contributed by atoms with E-state index >= 15 is 0 Å². The van der Waals surface area contributed by atoms with Gasteiger partial charge in [0.15, 0.2) is 0 Å². The number of nitrogens with one attached hydrogen (secondary N) is 1. The van der Waals surface area contributed by atoms with Crippen molar-refractivity contribution in [2.45, 2.75) is 39.8 Å². The molecule has 2 rings (SSSR count). The Morgan fingerprint density at radius 3 is 2.19 bits per heavy atom. The van der Waals surface area contributed by atoms with E-state index in [1.807, 2.05) is 38.1 Å². The summed E-state index contributed by atoms with van der Waals surface area (Å²) >= 11 is 5.92. The van der Waals surface area contributed by atoms with E-state index in [0.29, 0.717) is 17.3 Å². The van der Waals surface area contributed by atoms with Crippen molar-refractivity contribution in [2.75, 3.05) is 23.7 Å². The van der Waals surface area contributed by atoms with Crippen molar-refractivity contribution < 1.29 is 18.0 Å². The zero-order valence-electron chi connectivity index (χ0n) is 18.8. The highest BCUT2D eigenvalue weighted by Crippen LogP contribution is 2.21. The zero-order valence-corrected chi connectivity index (χ0v) is 20.4. The third kappa shape index (κ3) is 7.24. The molecular formula is C23H30ClN3O4S. The summed E-state index contributed by atoms with van der Waals surface area (Å²) in [5.41, 5.74) is 2.24. The SMILES string of the molecule is CCCNC(=O)[C@@H](C)N(Cc1ccc(C)cc1)C(=O)CN(c1ccc(Cl)cc1)S(C)(=O)=O. The smallest absolute Gasteiger partial charge is 0.244 e. The maximum absolute atomic E-state index is 13.3. The molecule has 0 aliphatic rings. The highest BCUT2D eigenvalue weighted by molar-refractivity contribution is 7.92. The molecule has 0 spiro atoms. The van der Waals surface area contributed by atoms with E-state index in [9.17, 15) is 18.0 Å². The van der Waals surface area contributed by atoms with E-state index < -0.39 is 28.5 Å². The van der Waals surface area contributed by atoms with Gasteiger partial charge in [-0.25, -0.2) is 8.42 Å². The summed E-state index contributed by atoms with van der Waals surface area (Å²) in [6.07, 6.45) is 1.80. The molecular weight excluding hydrogens is 450 g/mol. The number of amides is 2. The third-order valence-corrected chi connectivity index (χ3v) is 6.38. The molecule has 2 aromatic carbocycles. The molecule has 0 heterocycles. The fourth-order valence-corrected chi connectivity index (χ4v) is 4.07. The van der Waals surface area contributed by atoms with Crippen LogP contribution in [0.2, 0.25) is 5.02 Å². The van der Waals surface area contributed by atoms with Gasteiger partial charge in [-0.2, -0.15) is 0 Å². The van der Waals surface area contributed by atoms with E-state index in [4.69, 9.17) is 11.6 Å². The molecule has 0 unspecified atom stereocenters. The Morgan fingerprint density at radius 1 is 1.06 bits per heavy atom. The van der Waals surface area contributed by atoms with E-state index in [1.165, 1.54) is 4.90 Å². The van der Waals surface area contributed by atoms with E-state index in [1.54, 1.807) is 31.2 Å². The number of rotatable bonds is 10. The number of anilines is 1. The van der Waals surface area contributed by atoms with Crippen LogP contribution < -0.4 is 9.62 Å². The highest BCUT2D eigenvalue weighted by atomic mass is 35.5. The molecule has 0 aliphatic heterocycles. The highest BCUT2D eigenvalue weighted by Gasteiger charge is 2.29. The molecule has 1 N–H and O–H groups in total. The number of sulfonamides is 1. The van der Waals surface area contributed by atoms with Crippen LogP contribution in [0.4, 0.5) is 5.69 Å². The summed E-state index contributed by atoms with van der Waals surface area (Å²) in [5.74, 6) is -0.769. The Morgan fingerprint density at radius 2 is 1.66 bits per heavy atom. The summed E-state index contributed by atoms with van der Waals surface area (Å²) in [6.45, 7) is 5.79. The zero-order chi connectivity index (χ0) is 23.9. The van der Waals surface area contributed by atoms with Gasteiger partial charge < -0.3 is 10.2 Å². The molecule has 2 amide bonds. The molecule has 0 saturated carbocycles. The van der Waals surface area contributed by atoms with Crippen LogP contribution in [0.25, 0.3) is 0 Å². The number of hydrogen-bond donors (Lipinski definition) is 1. The first-order chi connectivity index (χ1) is 15.0. The molecule has 174 valence electrons. The fourth-order valence-electron chi connectivity index (χ4n) is 3.09. The lowest BCUT2D eigenvalue weighted by atomic mass is 10.1. The van der Waals surface area contributed by atoms with Gasteiger partial charge in [0.1, 0.15) is 12.6 Å². The topological polar surface area (TPSA) is 86.8 Å². The van der Waals surface area contributed by atoms with Crippen molar-refractivity contribution in [3.63, 3.8) is 0 Å². The summed E-state index contributed by atoms with van der Waals surface area (Å²) in [4.78, 5) is 27.4. The molecule has 0 radical (unpaired) electrons. The van der Waals surface area contributed by atoms with Gasteiger partial charge in [0.05, 0.1) is 11.9 Å². The minimum atomic E-state index is -3.76. The lowest BCUT2D eigenvalue weighted by Gasteiger charge is -2.31. The Bertz CT molecular complexity index is 1020. The Balaban J connectivity index is 2.34. The molecule has 2 aromatic rings. The first-order valence-electron chi connectivity index (χ1n) is 10.4. The van der Waals surface area contributed by atoms with Crippen molar-refractivity contribution in [1.82, 2.24) is 10.2 Å². The number of carbonyl (C=O) groups excluding carboxylic acids is 2. The molecule has 0 bridgehead atoms. The van der Waals surface area contributed by atoms with Gasteiger partial charge in [-0.1, -0.05) is 48.4 Å². The number of nitrogens with zero attached hydrogens (tertiary/aromatic N) is 2. The molecule has 0 saturated heterocycles. The number of halogens is 1. The van der Waals surface area contributed by atoms with Gasteiger partial charge in [0, 0.05) is 18.1 Å². The van der Waals surface area contributed by atoms with Crippen LogP contribution in [0.3, 0.4) is 0 Å². The average molecular weight is 480 g/mol. The molecule has 7 nitrogen and oxygen atoms in total. The molecule has 9 heteroatoms. The normalized spacial score (nSPS) is 12.2. The summed E-state index contributed by atoms with van der Waals surface area (Å²) in [6, 6.07) is 13.1. The van der Waals surface area contributed by atoms with Crippen LogP contribution in [0, 0.1) is 6.92 Å². The molecule has 1 atom stereocenters. The lowest BCUT2D eigenvalue weighted by Crippen LogP contribution is -2.51. The van der Waals surface area contributed by atoms with Crippen molar-refractivity contribution >= 4 is 39.1 Å². The largest absolute Gasteiger partial charge is 0.354 e. The van der Waals surface area contributed by atoms with Crippen molar-refractivity contribution in [2.24, 2.45) is 0 Å². The van der Waals surface area contributed by atoms with E-state index in [-0.39, 0.29) is 12.5 Å². The van der Waals surface area contributed by atoms with Crippen LogP contribution >= 0.6 is 11.6 Å². The molecule has 0 aliphatic carbocycles. The lowest BCUT2D eigenvalue weighted by molar-refractivity contribution is -0.139. The quantitative estimate of drug-likeness (QED) is 0.566. The molecule has 0 fully saturated rings. The van der Waals surface area contributed by atoms with E-state index in [0.717, 1.165) is 28.1 Å². The van der Waals surface area contributed by atoms with Gasteiger partial charge in [-0.05, 0) is 50.1 Å². The minimum absolute atomic E-state index is 0.179. The number of benzene rings is 2. The maximum atomic E-state index is 13.3. The minimum Gasteiger partial charge on any atom is -0.354 e. The second kappa shape index (κ2) is 11.3. The first kappa shape index (κ1) is 25.7. The van der Waals surface area contributed by atoms with Crippen LogP contribution in [-0.2, 0) is 26.2 Å². The summed E-state index contributed by atoms with van der Waals surface area (Å²) < 4.78 is 25.9. The second-order valence-electron chi connectivity index (χ2n) is 7.72. The van der Waals surface area contributed by atoms with Crippen molar-refractivity contribution in [3.05, 3.63) is 64.7 Å². The van der Waals surface area contributed by atoms with E-state index in [2.05, 4.69) is 5.32 Å². The van der Waals surface area contributed by atoms with Gasteiger partial charge in [-0.15, -0.1) is 0 Å². The predicted molar refractivity (Wildman–Crippen MR) is 128 cm³/mol. The predicted octanol–water partition coefficient (Wildman–Crippen LogP) is 3.36. The van der Waals surface area contributed by atoms with Gasteiger partial charge in [-0.3, -0.25) is 13.9 Å². The molecule has 32 heavy (non-hydrogen) atoms. The number of aryl methyl sites for hydroxylation is 1. The van der Waals surface area contributed by atoms with Crippen molar-refractivity contribution in [3.8, 4) is 0 Å². The van der Waals surface area contributed by atoms with Gasteiger partial charge in [0.2, 0.25) is 21.8 Å². The fraction of sp³-hybridized carbons (Fsp3) is 0.391.